The molecular formula is C19H22N2O. The van der Waals surface area contributed by atoms with Crippen LogP contribution in [0.2, 0.25) is 0 Å². The molecule has 0 aliphatic carbocycles. The van der Waals surface area contributed by atoms with Crippen LogP contribution >= 0.6 is 0 Å². The van der Waals surface area contributed by atoms with Crippen LogP contribution < -0.4 is 10.5 Å². The molecule has 0 aliphatic heterocycles. The first-order valence-corrected chi connectivity index (χ1v) is 7.56. The normalized spacial score (nSPS) is 12.5. The van der Waals surface area contributed by atoms with Crippen LogP contribution in [0.4, 0.5) is 5.69 Å². The van der Waals surface area contributed by atoms with E-state index in [1.54, 1.807) is 7.11 Å². The molecule has 3 aromatic rings. The smallest absolute Gasteiger partial charge is 0.141 e. The lowest BCUT2D eigenvalue weighted by molar-refractivity contribution is 0.416. The summed E-state index contributed by atoms with van der Waals surface area (Å²) in [5.41, 5.74) is 10.6. The van der Waals surface area contributed by atoms with E-state index in [1.807, 2.05) is 12.1 Å². The molecule has 0 amide bonds. The van der Waals surface area contributed by atoms with Crippen LogP contribution in [0.5, 0.6) is 5.75 Å². The summed E-state index contributed by atoms with van der Waals surface area (Å²) in [7, 11) is 3.72. The van der Waals surface area contributed by atoms with Crippen molar-refractivity contribution in [2.45, 2.75) is 19.3 Å². The molecule has 0 aliphatic rings. The number of nitrogens with zero attached hydrogens (tertiary/aromatic N) is 1. The lowest BCUT2D eigenvalue weighted by Gasteiger charge is -2.14. The molecule has 0 radical (unpaired) electrons. The summed E-state index contributed by atoms with van der Waals surface area (Å²) in [5, 5.41) is 1.29. The molecule has 0 spiro atoms. The second kappa shape index (κ2) is 5.76. The van der Waals surface area contributed by atoms with Crippen LogP contribution in [0.3, 0.4) is 0 Å². The van der Waals surface area contributed by atoms with Gasteiger partial charge in [0.05, 0.1) is 12.8 Å². The van der Waals surface area contributed by atoms with Crippen molar-refractivity contribution < 1.29 is 4.74 Å². The standard InChI is InChI=1S/C19H22N2O/c1-13(15-5-7-19(22-3)17(20)12-15)10-14-4-6-18-16(11-14)8-9-21(18)2/h4-9,11-13H,10,20H2,1-3H3. The second-order valence-corrected chi connectivity index (χ2v) is 5.93. The Morgan fingerprint density at radius 2 is 1.95 bits per heavy atom. The minimum absolute atomic E-state index is 0.411. The Morgan fingerprint density at radius 1 is 1.14 bits per heavy atom. The number of benzene rings is 2. The number of aromatic nitrogens is 1. The lowest BCUT2D eigenvalue weighted by Crippen LogP contribution is -2.01. The van der Waals surface area contributed by atoms with Crippen LogP contribution in [-0.4, -0.2) is 11.7 Å². The van der Waals surface area contributed by atoms with E-state index in [9.17, 15) is 0 Å². The average Bonchev–Trinajstić information content (AvgIpc) is 2.88. The molecule has 2 aromatic carbocycles. The Hall–Kier alpha value is -2.42. The van der Waals surface area contributed by atoms with Gasteiger partial charge < -0.3 is 15.0 Å². The third-order valence-corrected chi connectivity index (χ3v) is 4.31. The van der Waals surface area contributed by atoms with Gasteiger partial charge in [0.1, 0.15) is 5.75 Å². The second-order valence-electron chi connectivity index (χ2n) is 5.93. The number of ether oxygens (including phenoxy) is 1. The Kier molecular flexibility index (Phi) is 3.80. The van der Waals surface area contributed by atoms with Gasteiger partial charge >= 0.3 is 0 Å². The first kappa shape index (κ1) is 14.5. The van der Waals surface area contributed by atoms with E-state index in [1.165, 1.54) is 22.0 Å². The molecule has 0 saturated heterocycles. The van der Waals surface area contributed by atoms with Crippen molar-refractivity contribution in [1.82, 2.24) is 4.57 Å². The zero-order valence-electron chi connectivity index (χ0n) is 13.3. The minimum atomic E-state index is 0.411. The van der Waals surface area contributed by atoms with Crippen LogP contribution in [0.15, 0.2) is 48.7 Å². The van der Waals surface area contributed by atoms with Gasteiger partial charge in [-0.3, -0.25) is 0 Å². The monoisotopic (exact) mass is 294 g/mol. The number of aryl methyl sites for hydroxylation is 1. The highest BCUT2D eigenvalue weighted by Crippen LogP contribution is 2.28. The van der Waals surface area contributed by atoms with E-state index in [0.29, 0.717) is 11.6 Å². The molecule has 1 aromatic heterocycles. The number of nitrogens with two attached hydrogens (primary N) is 1. The number of anilines is 1. The summed E-state index contributed by atoms with van der Waals surface area (Å²) in [6.45, 7) is 2.23. The zero-order valence-corrected chi connectivity index (χ0v) is 13.3. The average molecular weight is 294 g/mol. The summed E-state index contributed by atoms with van der Waals surface area (Å²) in [5.74, 6) is 1.15. The Morgan fingerprint density at radius 3 is 2.68 bits per heavy atom. The fourth-order valence-corrected chi connectivity index (χ4v) is 2.99. The van der Waals surface area contributed by atoms with E-state index in [4.69, 9.17) is 10.5 Å². The van der Waals surface area contributed by atoms with Gasteiger partial charge in [0, 0.05) is 18.8 Å². The van der Waals surface area contributed by atoms with Crippen molar-refractivity contribution in [1.29, 1.82) is 0 Å². The predicted octanol–water partition coefficient (Wildman–Crippen LogP) is 4.12. The predicted molar refractivity (Wildman–Crippen MR) is 92.4 cm³/mol. The van der Waals surface area contributed by atoms with Gasteiger partial charge in [0.15, 0.2) is 0 Å². The first-order chi connectivity index (χ1) is 10.6. The molecule has 1 atom stereocenters. The fourth-order valence-electron chi connectivity index (χ4n) is 2.99. The maximum Gasteiger partial charge on any atom is 0.141 e. The van der Waals surface area contributed by atoms with E-state index in [2.05, 4.69) is 55.1 Å². The molecule has 3 heteroatoms. The third-order valence-electron chi connectivity index (χ3n) is 4.31. The first-order valence-electron chi connectivity index (χ1n) is 7.56. The summed E-state index contributed by atoms with van der Waals surface area (Å²) in [4.78, 5) is 0. The lowest BCUT2D eigenvalue weighted by atomic mass is 9.93. The molecule has 2 N–H and O–H groups in total. The highest BCUT2D eigenvalue weighted by atomic mass is 16.5. The molecule has 0 bridgehead atoms. The molecule has 3 rings (SSSR count). The number of hydrogen-bond acceptors (Lipinski definition) is 2. The van der Waals surface area contributed by atoms with Crippen LogP contribution in [0.25, 0.3) is 10.9 Å². The fraction of sp³-hybridized carbons (Fsp3) is 0.263. The van der Waals surface area contributed by atoms with Crippen molar-refractivity contribution in [3.8, 4) is 5.75 Å². The van der Waals surface area contributed by atoms with Crippen LogP contribution in [0.1, 0.15) is 24.0 Å². The van der Waals surface area contributed by atoms with Crippen molar-refractivity contribution in [3.63, 3.8) is 0 Å². The highest BCUT2D eigenvalue weighted by Gasteiger charge is 2.10. The maximum atomic E-state index is 6.01. The van der Waals surface area contributed by atoms with Crippen molar-refractivity contribution in [2.24, 2.45) is 7.05 Å². The van der Waals surface area contributed by atoms with E-state index in [0.717, 1.165) is 12.2 Å². The van der Waals surface area contributed by atoms with Crippen molar-refractivity contribution in [2.75, 3.05) is 12.8 Å². The van der Waals surface area contributed by atoms with Gasteiger partial charge in [0.2, 0.25) is 0 Å². The van der Waals surface area contributed by atoms with Gasteiger partial charge in [-0.2, -0.15) is 0 Å². The molecule has 0 fully saturated rings. The number of rotatable bonds is 4. The topological polar surface area (TPSA) is 40.2 Å². The molecule has 22 heavy (non-hydrogen) atoms. The largest absolute Gasteiger partial charge is 0.495 e. The Bertz CT molecular complexity index is 804. The van der Waals surface area contributed by atoms with Gasteiger partial charge in [0.25, 0.3) is 0 Å². The Labute approximate surface area is 131 Å². The molecule has 114 valence electrons. The summed E-state index contributed by atoms with van der Waals surface area (Å²) in [6, 6.07) is 14.9. The maximum absolute atomic E-state index is 6.01. The van der Waals surface area contributed by atoms with Gasteiger partial charge in [-0.05, 0) is 59.2 Å². The van der Waals surface area contributed by atoms with E-state index >= 15 is 0 Å². The molecule has 0 saturated carbocycles. The summed E-state index contributed by atoms with van der Waals surface area (Å²) >= 11 is 0. The quantitative estimate of drug-likeness (QED) is 0.735. The molecule has 1 unspecified atom stereocenters. The van der Waals surface area contributed by atoms with Gasteiger partial charge in [-0.25, -0.2) is 0 Å². The van der Waals surface area contributed by atoms with E-state index in [-0.39, 0.29) is 0 Å². The number of hydrogen-bond donors (Lipinski definition) is 1. The van der Waals surface area contributed by atoms with Gasteiger partial charge in [-0.15, -0.1) is 0 Å². The number of methoxy groups -OCH3 is 1. The van der Waals surface area contributed by atoms with Crippen LogP contribution in [0, 0.1) is 0 Å². The van der Waals surface area contributed by atoms with Crippen molar-refractivity contribution in [3.05, 3.63) is 59.8 Å². The Balaban J connectivity index is 1.82. The highest BCUT2D eigenvalue weighted by molar-refractivity contribution is 5.80. The summed E-state index contributed by atoms with van der Waals surface area (Å²) in [6.07, 6.45) is 3.10. The number of nitrogen functional groups attached to an aromatic ring is 1. The summed E-state index contributed by atoms with van der Waals surface area (Å²) < 4.78 is 7.37. The SMILES string of the molecule is COc1ccc(C(C)Cc2ccc3c(ccn3C)c2)cc1N. The zero-order chi connectivity index (χ0) is 15.7. The number of fused-ring (bicyclic) bond motifs is 1. The third kappa shape index (κ3) is 2.67. The van der Waals surface area contributed by atoms with Gasteiger partial charge in [-0.1, -0.05) is 19.1 Å². The van der Waals surface area contributed by atoms with Crippen molar-refractivity contribution >= 4 is 16.6 Å². The van der Waals surface area contributed by atoms with Crippen LogP contribution in [-0.2, 0) is 13.5 Å². The molecule has 1 heterocycles. The van der Waals surface area contributed by atoms with E-state index < -0.39 is 0 Å². The molecule has 3 nitrogen and oxygen atoms in total. The minimum Gasteiger partial charge on any atom is -0.495 e. The molecular weight excluding hydrogens is 272 g/mol.